The summed E-state index contributed by atoms with van der Waals surface area (Å²) in [7, 11) is 0. The molecule has 0 radical (unpaired) electrons. The van der Waals surface area contributed by atoms with Gasteiger partial charge in [0.25, 0.3) is 5.91 Å². The predicted molar refractivity (Wildman–Crippen MR) is 104 cm³/mol. The van der Waals surface area contributed by atoms with Crippen molar-refractivity contribution in [3.63, 3.8) is 0 Å². The van der Waals surface area contributed by atoms with Gasteiger partial charge in [-0.2, -0.15) is 5.10 Å². The molecular weight excluding hydrogens is 360 g/mol. The van der Waals surface area contributed by atoms with Crippen LogP contribution in [0.1, 0.15) is 22.3 Å². The molecule has 27 heavy (non-hydrogen) atoms. The Morgan fingerprint density at radius 1 is 1.15 bits per heavy atom. The third-order valence-electron chi connectivity index (χ3n) is 3.90. The SMILES string of the molecule is CCc1nnc(NC(=O)c2cn(-c3ccccc3)nc2-c2cccnc2)s1. The van der Waals surface area contributed by atoms with Gasteiger partial charge in [0, 0.05) is 24.2 Å². The molecular formula is C19H16N6OS. The van der Waals surface area contributed by atoms with Crippen molar-refractivity contribution in [2.75, 3.05) is 5.32 Å². The van der Waals surface area contributed by atoms with E-state index in [1.807, 2.05) is 49.4 Å². The fourth-order valence-corrected chi connectivity index (χ4v) is 3.26. The number of anilines is 1. The second-order valence-corrected chi connectivity index (χ2v) is 6.78. The Labute approximate surface area is 159 Å². The topological polar surface area (TPSA) is 85.6 Å². The van der Waals surface area contributed by atoms with Crippen LogP contribution in [0.15, 0.2) is 61.1 Å². The highest BCUT2D eigenvalue weighted by molar-refractivity contribution is 7.15. The van der Waals surface area contributed by atoms with Crippen molar-refractivity contribution in [1.29, 1.82) is 0 Å². The molecule has 0 unspecified atom stereocenters. The predicted octanol–water partition coefficient (Wildman–Crippen LogP) is 3.60. The largest absolute Gasteiger partial charge is 0.296 e. The number of hydrogen-bond acceptors (Lipinski definition) is 6. The van der Waals surface area contributed by atoms with Gasteiger partial charge in [0.05, 0.1) is 11.3 Å². The zero-order chi connectivity index (χ0) is 18.6. The minimum Gasteiger partial charge on any atom is -0.296 e. The number of nitrogens with one attached hydrogen (secondary N) is 1. The number of rotatable bonds is 5. The summed E-state index contributed by atoms with van der Waals surface area (Å²) >= 11 is 1.37. The van der Waals surface area contributed by atoms with Crippen LogP contribution in [-0.2, 0) is 6.42 Å². The number of hydrogen-bond donors (Lipinski definition) is 1. The lowest BCUT2D eigenvalue weighted by Gasteiger charge is -2.01. The molecule has 0 aliphatic carbocycles. The van der Waals surface area contributed by atoms with Gasteiger partial charge in [-0.05, 0) is 30.7 Å². The zero-order valence-corrected chi connectivity index (χ0v) is 15.3. The molecule has 1 amide bonds. The van der Waals surface area contributed by atoms with Crippen LogP contribution in [0.3, 0.4) is 0 Å². The lowest BCUT2D eigenvalue weighted by Crippen LogP contribution is -2.12. The smallest absolute Gasteiger partial charge is 0.261 e. The number of nitrogens with zero attached hydrogens (tertiary/aromatic N) is 5. The first-order valence-electron chi connectivity index (χ1n) is 8.44. The van der Waals surface area contributed by atoms with E-state index in [9.17, 15) is 4.79 Å². The summed E-state index contributed by atoms with van der Waals surface area (Å²) in [5.41, 5.74) is 2.64. The second kappa shape index (κ2) is 7.46. The Hall–Kier alpha value is -3.39. The van der Waals surface area contributed by atoms with E-state index in [-0.39, 0.29) is 5.91 Å². The van der Waals surface area contributed by atoms with Crippen molar-refractivity contribution in [1.82, 2.24) is 25.0 Å². The number of carbonyl (C=O) groups is 1. The molecule has 0 aliphatic heterocycles. The van der Waals surface area contributed by atoms with E-state index >= 15 is 0 Å². The molecule has 1 aromatic carbocycles. The first-order valence-corrected chi connectivity index (χ1v) is 9.25. The van der Waals surface area contributed by atoms with Crippen LogP contribution in [0.5, 0.6) is 0 Å². The van der Waals surface area contributed by atoms with Gasteiger partial charge in [0.2, 0.25) is 5.13 Å². The molecule has 4 aromatic rings. The summed E-state index contributed by atoms with van der Waals surface area (Å²) in [6.45, 7) is 2.00. The molecule has 4 rings (SSSR count). The number of amides is 1. The zero-order valence-electron chi connectivity index (χ0n) is 14.5. The van der Waals surface area contributed by atoms with Crippen LogP contribution in [0.25, 0.3) is 16.9 Å². The molecule has 1 N–H and O–H groups in total. The Balaban J connectivity index is 1.73. The van der Waals surface area contributed by atoms with Crippen molar-refractivity contribution in [2.45, 2.75) is 13.3 Å². The van der Waals surface area contributed by atoms with Gasteiger partial charge in [-0.15, -0.1) is 10.2 Å². The number of carbonyl (C=O) groups excluding carboxylic acids is 1. The highest BCUT2D eigenvalue weighted by atomic mass is 32.1. The number of para-hydroxylation sites is 1. The molecule has 0 atom stereocenters. The van der Waals surface area contributed by atoms with Crippen molar-refractivity contribution in [3.05, 3.63) is 71.6 Å². The van der Waals surface area contributed by atoms with Crippen LogP contribution in [0, 0.1) is 0 Å². The van der Waals surface area contributed by atoms with E-state index in [2.05, 4.69) is 25.6 Å². The molecule has 0 saturated carbocycles. The van der Waals surface area contributed by atoms with Gasteiger partial charge in [0.1, 0.15) is 10.7 Å². The van der Waals surface area contributed by atoms with Crippen LogP contribution in [0.4, 0.5) is 5.13 Å². The third-order valence-corrected chi connectivity index (χ3v) is 4.89. The second-order valence-electron chi connectivity index (χ2n) is 5.72. The van der Waals surface area contributed by atoms with Crippen molar-refractivity contribution < 1.29 is 4.79 Å². The van der Waals surface area contributed by atoms with Gasteiger partial charge < -0.3 is 0 Å². The van der Waals surface area contributed by atoms with Crippen molar-refractivity contribution in [3.8, 4) is 16.9 Å². The molecule has 0 fully saturated rings. The Bertz CT molecular complexity index is 1060. The Kier molecular flexibility index (Phi) is 4.71. The number of pyridine rings is 1. The van der Waals surface area contributed by atoms with Gasteiger partial charge in [-0.25, -0.2) is 4.68 Å². The molecule has 3 aromatic heterocycles. The molecule has 134 valence electrons. The summed E-state index contributed by atoms with van der Waals surface area (Å²) in [6, 6.07) is 13.3. The minimum absolute atomic E-state index is 0.283. The minimum atomic E-state index is -0.283. The van der Waals surface area contributed by atoms with Gasteiger partial charge >= 0.3 is 0 Å². The van der Waals surface area contributed by atoms with E-state index < -0.39 is 0 Å². The van der Waals surface area contributed by atoms with Gasteiger partial charge in [0.15, 0.2) is 0 Å². The third kappa shape index (κ3) is 3.61. The van der Waals surface area contributed by atoms with Crippen LogP contribution >= 0.6 is 11.3 Å². The van der Waals surface area contributed by atoms with E-state index in [1.54, 1.807) is 23.3 Å². The maximum Gasteiger partial charge on any atom is 0.261 e. The highest BCUT2D eigenvalue weighted by Crippen LogP contribution is 2.25. The molecule has 3 heterocycles. The highest BCUT2D eigenvalue weighted by Gasteiger charge is 2.20. The summed E-state index contributed by atoms with van der Waals surface area (Å²) in [4.78, 5) is 17.0. The van der Waals surface area contributed by atoms with Crippen LogP contribution in [0.2, 0.25) is 0 Å². The van der Waals surface area contributed by atoms with E-state index in [0.717, 1.165) is 22.7 Å². The van der Waals surface area contributed by atoms with Crippen LogP contribution < -0.4 is 5.32 Å². The average Bonchev–Trinajstić information content (AvgIpc) is 3.36. The van der Waals surface area contributed by atoms with Gasteiger partial charge in [-0.3, -0.25) is 15.1 Å². The van der Waals surface area contributed by atoms with Crippen molar-refractivity contribution >= 4 is 22.4 Å². The van der Waals surface area contributed by atoms with Crippen LogP contribution in [-0.4, -0.2) is 30.9 Å². The van der Waals surface area contributed by atoms with E-state index in [1.165, 1.54) is 11.3 Å². The fourth-order valence-electron chi connectivity index (χ4n) is 2.58. The Morgan fingerprint density at radius 2 is 2.00 bits per heavy atom. The summed E-state index contributed by atoms with van der Waals surface area (Å²) in [5.74, 6) is -0.283. The maximum atomic E-state index is 12.9. The first kappa shape index (κ1) is 17.0. The quantitative estimate of drug-likeness (QED) is 0.575. The molecule has 0 bridgehead atoms. The monoisotopic (exact) mass is 376 g/mol. The first-order chi connectivity index (χ1) is 13.2. The Morgan fingerprint density at radius 3 is 2.70 bits per heavy atom. The molecule has 0 saturated heterocycles. The van der Waals surface area contributed by atoms with Gasteiger partial charge in [-0.1, -0.05) is 36.5 Å². The summed E-state index contributed by atoms with van der Waals surface area (Å²) in [5, 5.41) is 16.8. The summed E-state index contributed by atoms with van der Waals surface area (Å²) in [6.07, 6.45) is 5.87. The number of aryl methyl sites for hydroxylation is 1. The van der Waals surface area contributed by atoms with Crippen molar-refractivity contribution in [2.24, 2.45) is 0 Å². The molecule has 0 spiro atoms. The summed E-state index contributed by atoms with van der Waals surface area (Å²) < 4.78 is 1.69. The molecule has 8 heteroatoms. The average molecular weight is 376 g/mol. The van der Waals surface area contributed by atoms with E-state index in [4.69, 9.17) is 0 Å². The molecule has 0 aliphatic rings. The lowest BCUT2D eigenvalue weighted by atomic mass is 10.1. The number of benzene rings is 1. The standard InChI is InChI=1S/C19H16N6OS/c1-2-16-22-23-19(27-16)21-18(26)15-12-25(14-8-4-3-5-9-14)24-17(15)13-7-6-10-20-11-13/h3-12H,2H2,1H3,(H,21,23,26). The van der Waals surface area contributed by atoms with E-state index in [0.29, 0.717) is 16.4 Å². The normalized spacial score (nSPS) is 10.7. The fraction of sp³-hybridized carbons (Fsp3) is 0.105. The lowest BCUT2D eigenvalue weighted by molar-refractivity contribution is 0.102. The maximum absolute atomic E-state index is 12.9. The molecule has 7 nitrogen and oxygen atoms in total. The number of aromatic nitrogens is 5.